The highest BCUT2D eigenvalue weighted by Crippen LogP contribution is 2.39. The molecule has 0 bridgehead atoms. The lowest BCUT2D eigenvalue weighted by Gasteiger charge is -2.26. The molecule has 0 saturated heterocycles. The van der Waals surface area contributed by atoms with Crippen molar-refractivity contribution in [2.45, 2.75) is 43.9 Å². The van der Waals surface area contributed by atoms with Crippen molar-refractivity contribution in [2.24, 2.45) is 7.05 Å². The first kappa shape index (κ1) is 12.9. The minimum Gasteiger partial charge on any atom is -0.317 e. The zero-order chi connectivity index (χ0) is 12.3. The number of hydrogen-bond donors (Lipinski definition) is 1. The summed E-state index contributed by atoms with van der Waals surface area (Å²) in [6.07, 6.45) is 7.69. The zero-order valence-electron chi connectivity index (χ0n) is 11.0. The average Bonchev–Trinajstić information content (AvgIpc) is 2.92. The van der Waals surface area contributed by atoms with Gasteiger partial charge in [-0.15, -0.1) is 10.2 Å². The van der Waals surface area contributed by atoms with Crippen molar-refractivity contribution in [3.63, 3.8) is 0 Å². The van der Waals surface area contributed by atoms with Crippen LogP contribution in [0.3, 0.4) is 0 Å². The first-order valence-corrected chi connectivity index (χ1v) is 7.50. The van der Waals surface area contributed by atoms with Crippen molar-refractivity contribution in [3.05, 3.63) is 11.6 Å². The molecule has 1 aliphatic carbocycles. The highest BCUT2D eigenvalue weighted by Gasteiger charge is 2.32. The van der Waals surface area contributed by atoms with Crippen LogP contribution in [-0.2, 0) is 13.6 Å². The first-order chi connectivity index (χ1) is 8.17. The van der Waals surface area contributed by atoms with Crippen LogP contribution in [0.2, 0.25) is 0 Å². The van der Waals surface area contributed by atoms with Crippen molar-refractivity contribution in [2.75, 3.05) is 12.8 Å². The van der Waals surface area contributed by atoms with Gasteiger partial charge < -0.3 is 9.88 Å². The number of nitrogens with zero attached hydrogens (tertiary/aromatic N) is 3. The van der Waals surface area contributed by atoms with E-state index in [0.717, 1.165) is 24.7 Å². The van der Waals surface area contributed by atoms with Crippen molar-refractivity contribution >= 4 is 11.8 Å². The molecule has 1 aromatic rings. The fourth-order valence-corrected chi connectivity index (χ4v) is 3.42. The summed E-state index contributed by atoms with van der Waals surface area (Å²) in [4.78, 5) is 0. The molecule has 0 radical (unpaired) electrons. The summed E-state index contributed by atoms with van der Waals surface area (Å²) in [6.45, 7) is 3.89. The Morgan fingerprint density at radius 2 is 2.06 bits per heavy atom. The lowest BCUT2D eigenvalue weighted by molar-refractivity contribution is 0.520. The Kier molecular flexibility index (Phi) is 4.09. The van der Waals surface area contributed by atoms with E-state index in [2.05, 4.69) is 21.8 Å². The molecular formula is C12H22N4S. The molecule has 0 unspecified atom stereocenters. The topological polar surface area (TPSA) is 42.7 Å². The minimum atomic E-state index is 0.466. The number of rotatable bonds is 5. The van der Waals surface area contributed by atoms with E-state index in [1.54, 1.807) is 0 Å². The van der Waals surface area contributed by atoms with Crippen LogP contribution in [0.15, 0.2) is 0 Å². The molecule has 2 rings (SSSR count). The summed E-state index contributed by atoms with van der Waals surface area (Å²) in [5.74, 6) is 2.00. The zero-order valence-corrected chi connectivity index (χ0v) is 11.8. The Hall–Kier alpha value is -0.550. The number of hydrogen-bond acceptors (Lipinski definition) is 4. The number of aromatic nitrogens is 3. The summed E-state index contributed by atoms with van der Waals surface area (Å²) in [5.41, 5.74) is 0. The van der Waals surface area contributed by atoms with Crippen molar-refractivity contribution in [1.82, 2.24) is 20.1 Å². The van der Waals surface area contributed by atoms with E-state index in [1.807, 2.05) is 30.3 Å². The fraction of sp³-hybridized carbons (Fsp3) is 0.833. The van der Waals surface area contributed by atoms with Gasteiger partial charge in [-0.1, -0.05) is 12.8 Å². The number of nitrogens with one attached hydrogen (secondary N) is 1. The summed E-state index contributed by atoms with van der Waals surface area (Å²) in [5, 5.41) is 11.8. The molecule has 1 fully saturated rings. The van der Waals surface area contributed by atoms with E-state index in [9.17, 15) is 0 Å². The predicted molar refractivity (Wildman–Crippen MR) is 72.2 cm³/mol. The van der Waals surface area contributed by atoms with Crippen LogP contribution in [-0.4, -0.2) is 32.3 Å². The van der Waals surface area contributed by atoms with Gasteiger partial charge in [0.05, 0.1) is 6.54 Å². The molecule has 0 spiro atoms. The maximum Gasteiger partial charge on any atom is 0.146 e. The van der Waals surface area contributed by atoms with Crippen molar-refractivity contribution in [1.29, 1.82) is 0 Å². The lowest BCUT2D eigenvalue weighted by atomic mass is 10.1. The average molecular weight is 254 g/mol. The van der Waals surface area contributed by atoms with Gasteiger partial charge in [0.2, 0.25) is 0 Å². The summed E-state index contributed by atoms with van der Waals surface area (Å²) in [7, 11) is 2.02. The van der Waals surface area contributed by atoms with Crippen LogP contribution in [0.4, 0.5) is 0 Å². The molecule has 1 N–H and O–H groups in total. The van der Waals surface area contributed by atoms with E-state index in [0.29, 0.717) is 4.75 Å². The SMILES string of the molecule is CSC1(CNCc2nnc(C)n2C)CCCC1. The molecule has 5 heteroatoms. The second-order valence-electron chi connectivity index (χ2n) is 4.92. The molecule has 17 heavy (non-hydrogen) atoms. The van der Waals surface area contributed by atoms with Gasteiger partial charge in [-0.2, -0.15) is 11.8 Å². The monoisotopic (exact) mass is 254 g/mol. The molecule has 1 aromatic heterocycles. The molecule has 0 amide bonds. The molecular weight excluding hydrogens is 232 g/mol. The Balaban J connectivity index is 1.85. The fourth-order valence-electron chi connectivity index (χ4n) is 2.48. The lowest BCUT2D eigenvalue weighted by Crippen LogP contribution is -2.35. The van der Waals surface area contributed by atoms with Gasteiger partial charge in [0.15, 0.2) is 0 Å². The normalized spacial score (nSPS) is 18.8. The maximum atomic E-state index is 4.17. The van der Waals surface area contributed by atoms with Crippen LogP contribution < -0.4 is 5.32 Å². The second-order valence-corrected chi connectivity index (χ2v) is 6.19. The summed E-state index contributed by atoms with van der Waals surface area (Å²) < 4.78 is 2.51. The second kappa shape index (κ2) is 5.40. The van der Waals surface area contributed by atoms with Crippen LogP contribution in [0, 0.1) is 6.92 Å². The van der Waals surface area contributed by atoms with Gasteiger partial charge >= 0.3 is 0 Å². The molecule has 0 aliphatic heterocycles. The van der Waals surface area contributed by atoms with Gasteiger partial charge in [-0.25, -0.2) is 0 Å². The van der Waals surface area contributed by atoms with E-state index in [1.165, 1.54) is 25.7 Å². The van der Waals surface area contributed by atoms with Crippen LogP contribution in [0.25, 0.3) is 0 Å². The smallest absolute Gasteiger partial charge is 0.146 e. The molecule has 4 nitrogen and oxygen atoms in total. The molecule has 1 saturated carbocycles. The Morgan fingerprint density at radius 1 is 1.35 bits per heavy atom. The van der Waals surface area contributed by atoms with Gasteiger partial charge in [0, 0.05) is 18.3 Å². The van der Waals surface area contributed by atoms with E-state index in [4.69, 9.17) is 0 Å². The third-order valence-corrected chi connectivity index (χ3v) is 5.28. The summed E-state index contributed by atoms with van der Waals surface area (Å²) in [6, 6.07) is 0. The summed E-state index contributed by atoms with van der Waals surface area (Å²) >= 11 is 2.02. The maximum absolute atomic E-state index is 4.17. The van der Waals surface area contributed by atoms with E-state index in [-0.39, 0.29) is 0 Å². The Labute approximate surface area is 108 Å². The molecule has 0 aromatic carbocycles. The molecule has 1 heterocycles. The Bertz CT molecular complexity index is 369. The molecule has 96 valence electrons. The molecule has 0 atom stereocenters. The van der Waals surface area contributed by atoms with Gasteiger partial charge in [-0.05, 0) is 26.0 Å². The van der Waals surface area contributed by atoms with Gasteiger partial charge in [0.25, 0.3) is 0 Å². The Morgan fingerprint density at radius 3 is 2.59 bits per heavy atom. The van der Waals surface area contributed by atoms with E-state index >= 15 is 0 Å². The van der Waals surface area contributed by atoms with Gasteiger partial charge in [0.1, 0.15) is 11.6 Å². The number of thioether (sulfide) groups is 1. The van der Waals surface area contributed by atoms with Gasteiger partial charge in [-0.3, -0.25) is 0 Å². The standard InChI is InChI=1S/C12H22N4S/c1-10-14-15-11(16(10)2)8-13-9-12(17-3)6-4-5-7-12/h13H,4-9H2,1-3H3. The minimum absolute atomic E-state index is 0.466. The third-order valence-electron chi connectivity index (χ3n) is 3.86. The van der Waals surface area contributed by atoms with Crippen molar-refractivity contribution in [3.8, 4) is 0 Å². The van der Waals surface area contributed by atoms with Crippen LogP contribution in [0.1, 0.15) is 37.3 Å². The first-order valence-electron chi connectivity index (χ1n) is 6.28. The number of aryl methyl sites for hydroxylation is 1. The van der Waals surface area contributed by atoms with Crippen molar-refractivity contribution < 1.29 is 0 Å². The highest BCUT2D eigenvalue weighted by atomic mass is 32.2. The quantitative estimate of drug-likeness (QED) is 0.871. The largest absolute Gasteiger partial charge is 0.317 e. The third kappa shape index (κ3) is 2.83. The van der Waals surface area contributed by atoms with Crippen LogP contribution in [0.5, 0.6) is 0 Å². The van der Waals surface area contributed by atoms with Crippen LogP contribution >= 0.6 is 11.8 Å². The molecule has 1 aliphatic rings. The highest BCUT2D eigenvalue weighted by molar-refractivity contribution is 8.00. The predicted octanol–water partition coefficient (Wildman–Crippen LogP) is 1.89. The van der Waals surface area contributed by atoms with E-state index < -0.39 is 0 Å².